The molecule has 1 heterocycles. The molecule has 0 aromatic rings. The first-order valence-corrected chi connectivity index (χ1v) is 9.28. The van der Waals surface area contributed by atoms with Gasteiger partial charge < -0.3 is 15.3 Å². The molecule has 2 unspecified atom stereocenters. The van der Waals surface area contributed by atoms with Gasteiger partial charge in [-0.1, -0.05) is 19.3 Å². The van der Waals surface area contributed by atoms with Crippen LogP contribution in [0, 0.1) is 11.8 Å². The summed E-state index contributed by atoms with van der Waals surface area (Å²) in [5.41, 5.74) is 0. The number of likely N-dealkylation sites (tertiary alicyclic amines) is 1. The summed E-state index contributed by atoms with van der Waals surface area (Å²) in [7, 11) is 0. The SMILES string of the molecule is CSCC[C@@H](NC(=O)N1CCC2CCCCC2C1)C(=O)O. The number of carbonyl (C=O) groups is 2. The van der Waals surface area contributed by atoms with Gasteiger partial charge in [-0.15, -0.1) is 0 Å². The Balaban J connectivity index is 1.85. The van der Waals surface area contributed by atoms with Crippen LogP contribution in [-0.2, 0) is 4.79 Å². The summed E-state index contributed by atoms with van der Waals surface area (Å²) < 4.78 is 0. The van der Waals surface area contributed by atoms with Gasteiger partial charge in [-0.05, 0) is 43.1 Å². The third-order valence-electron chi connectivity index (χ3n) is 4.78. The quantitative estimate of drug-likeness (QED) is 0.817. The standard InChI is InChI=1S/C15H26N2O3S/c1-21-9-7-13(14(18)19)16-15(20)17-8-6-11-4-2-3-5-12(11)10-17/h11-13H,2-10H2,1H3,(H,16,20)(H,18,19)/t11?,12?,13-/m1/s1. The van der Waals surface area contributed by atoms with Gasteiger partial charge in [0, 0.05) is 13.1 Å². The number of aliphatic carboxylic acids is 1. The average molecular weight is 314 g/mol. The van der Waals surface area contributed by atoms with Crippen molar-refractivity contribution in [3.63, 3.8) is 0 Å². The first-order chi connectivity index (χ1) is 10.1. The Morgan fingerprint density at radius 2 is 2.00 bits per heavy atom. The number of urea groups is 1. The molecule has 0 aromatic carbocycles. The number of carboxylic acid groups (broad SMARTS) is 1. The maximum Gasteiger partial charge on any atom is 0.326 e. The van der Waals surface area contributed by atoms with Crippen LogP contribution in [0.5, 0.6) is 0 Å². The van der Waals surface area contributed by atoms with Crippen LogP contribution >= 0.6 is 11.8 Å². The summed E-state index contributed by atoms with van der Waals surface area (Å²) in [6.45, 7) is 1.56. The predicted molar refractivity (Wildman–Crippen MR) is 84.6 cm³/mol. The van der Waals surface area contributed by atoms with E-state index in [1.165, 1.54) is 25.7 Å². The van der Waals surface area contributed by atoms with E-state index in [9.17, 15) is 14.7 Å². The zero-order valence-electron chi connectivity index (χ0n) is 12.7. The number of nitrogens with one attached hydrogen (secondary N) is 1. The molecule has 2 N–H and O–H groups in total. The van der Waals surface area contributed by atoms with E-state index in [1.54, 1.807) is 11.8 Å². The second-order valence-electron chi connectivity index (χ2n) is 6.16. The Morgan fingerprint density at radius 1 is 1.29 bits per heavy atom. The number of hydrogen-bond donors (Lipinski definition) is 2. The highest BCUT2D eigenvalue weighted by atomic mass is 32.2. The molecule has 0 bridgehead atoms. The van der Waals surface area contributed by atoms with E-state index >= 15 is 0 Å². The minimum absolute atomic E-state index is 0.201. The van der Waals surface area contributed by atoms with Crippen molar-refractivity contribution in [2.75, 3.05) is 25.1 Å². The number of thioether (sulfide) groups is 1. The maximum absolute atomic E-state index is 12.3. The normalized spacial score (nSPS) is 26.8. The number of carboxylic acids is 1. The Morgan fingerprint density at radius 3 is 2.67 bits per heavy atom. The number of amides is 2. The lowest BCUT2D eigenvalue weighted by Gasteiger charge is -2.41. The molecule has 2 rings (SSSR count). The Hall–Kier alpha value is -0.910. The summed E-state index contributed by atoms with van der Waals surface area (Å²) >= 11 is 1.60. The van der Waals surface area contributed by atoms with Crippen molar-refractivity contribution in [1.29, 1.82) is 0 Å². The predicted octanol–water partition coefficient (Wildman–Crippen LogP) is 2.41. The Bertz CT molecular complexity index is 378. The van der Waals surface area contributed by atoms with Crippen molar-refractivity contribution in [2.24, 2.45) is 11.8 Å². The van der Waals surface area contributed by atoms with E-state index in [-0.39, 0.29) is 6.03 Å². The fraction of sp³-hybridized carbons (Fsp3) is 0.867. The van der Waals surface area contributed by atoms with Gasteiger partial charge in [-0.25, -0.2) is 9.59 Å². The van der Waals surface area contributed by atoms with Crippen LogP contribution in [0.4, 0.5) is 4.79 Å². The van der Waals surface area contributed by atoms with Gasteiger partial charge >= 0.3 is 12.0 Å². The molecule has 2 amide bonds. The molecule has 120 valence electrons. The largest absolute Gasteiger partial charge is 0.480 e. The monoisotopic (exact) mass is 314 g/mol. The molecular formula is C15H26N2O3S. The van der Waals surface area contributed by atoms with Crippen molar-refractivity contribution in [1.82, 2.24) is 10.2 Å². The van der Waals surface area contributed by atoms with Gasteiger partial charge in [-0.3, -0.25) is 0 Å². The van der Waals surface area contributed by atoms with Crippen molar-refractivity contribution in [2.45, 2.75) is 44.6 Å². The van der Waals surface area contributed by atoms with Crippen molar-refractivity contribution in [3.05, 3.63) is 0 Å². The summed E-state index contributed by atoms with van der Waals surface area (Å²) in [4.78, 5) is 25.3. The molecule has 3 atom stereocenters. The lowest BCUT2D eigenvalue weighted by Crippen LogP contribution is -2.52. The van der Waals surface area contributed by atoms with Gasteiger partial charge in [0.05, 0.1) is 0 Å². The minimum Gasteiger partial charge on any atom is -0.480 e. The highest BCUT2D eigenvalue weighted by Gasteiger charge is 2.33. The molecule has 0 radical (unpaired) electrons. The zero-order chi connectivity index (χ0) is 15.2. The molecule has 1 aliphatic heterocycles. The zero-order valence-corrected chi connectivity index (χ0v) is 13.5. The van der Waals surface area contributed by atoms with Gasteiger partial charge in [0.1, 0.15) is 6.04 Å². The molecule has 1 saturated carbocycles. The third-order valence-corrected chi connectivity index (χ3v) is 5.43. The molecule has 5 nitrogen and oxygen atoms in total. The highest BCUT2D eigenvalue weighted by Crippen LogP contribution is 2.35. The molecule has 6 heteroatoms. The van der Waals surface area contributed by atoms with Crippen LogP contribution in [0.1, 0.15) is 38.5 Å². The van der Waals surface area contributed by atoms with Crippen LogP contribution in [-0.4, -0.2) is 53.1 Å². The Labute approximate surface area is 130 Å². The topological polar surface area (TPSA) is 69.6 Å². The number of rotatable bonds is 5. The number of nitrogens with zero attached hydrogens (tertiary/aromatic N) is 1. The van der Waals surface area contributed by atoms with E-state index in [0.29, 0.717) is 12.3 Å². The first kappa shape index (κ1) is 16.5. The number of hydrogen-bond acceptors (Lipinski definition) is 3. The second kappa shape index (κ2) is 7.92. The lowest BCUT2D eigenvalue weighted by atomic mass is 9.75. The molecule has 0 aromatic heterocycles. The van der Waals surface area contributed by atoms with Crippen LogP contribution < -0.4 is 5.32 Å². The van der Waals surface area contributed by atoms with E-state index in [2.05, 4.69) is 5.32 Å². The number of carbonyl (C=O) groups excluding carboxylic acids is 1. The van der Waals surface area contributed by atoms with Gasteiger partial charge in [0.15, 0.2) is 0 Å². The smallest absolute Gasteiger partial charge is 0.326 e. The molecule has 2 fully saturated rings. The molecule has 21 heavy (non-hydrogen) atoms. The summed E-state index contributed by atoms with van der Waals surface area (Å²) in [5, 5.41) is 11.9. The molecule has 2 aliphatic rings. The van der Waals surface area contributed by atoms with Crippen molar-refractivity contribution < 1.29 is 14.7 Å². The highest BCUT2D eigenvalue weighted by molar-refractivity contribution is 7.98. The van der Waals surface area contributed by atoms with Crippen LogP contribution in [0.25, 0.3) is 0 Å². The van der Waals surface area contributed by atoms with E-state index in [0.717, 1.165) is 31.2 Å². The molecular weight excluding hydrogens is 288 g/mol. The molecule has 1 saturated heterocycles. The average Bonchev–Trinajstić information content (AvgIpc) is 2.50. The molecule has 1 aliphatic carbocycles. The summed E-state index contributed by atoms with van der Waals surface area (Å²) in [6, 6.07) is -0.971. The lowest BCUT2D eigenvalue weighted by molar-refractivity contribution is -0.139. The fourth-order valence-electron chi connectivity index (χ4n) is 3.52. The first-order valence-electron chi connectivity index (χ1n) is 7.89. The Kier molecular flexibility index (Phi) is 6.21. The van der Waals surface area contributed by atoms with Crippen molar-refractivity contribution >= 4 is 23.8 Å². The molecule has 0 spiro atoms. The minimum atomic E-state index is -0.940. The van der Waals surface area contributed by atoms with E-state index in [1.807, 2.05) is 11.2 Å². The fourth-order valence-corrected chi connectivity index (χ4v) is 3.99. The van der Waals surface area contributed by atoms with E-state index in [4.69, 9.17) is 0 Å². The second-order valence-corrected chi connectivity index (χ2v) is 7.15. The van der Waals surface area contributed by atoms with Crippen molar-refractivity contribution in [3.8, 4) is 0 Å². The van der Waals surface area contributed by atoms with Crippen LogP contribution in [0.3, 0.4) is 0 Å². The third kappa shape index (κ3) is 4.53. The number of fused-ring (bicyclic) bond motifs is 1. The van der Waals surface area contributed by atoms with Gasteiger partial charge in [0.25, 0.3) is 0 Å². The van der Waals surface area contributed by atoms with Gasteiger partial charge in [0.2, 0.25) is 0 Å². The van der Waals surface area contributed by atoms with E-state index < -0.39 is 12.0 Å². The summed E-state index contributed by atoms with van der Waals surface area (Å²) in [6.07, 6.45) is 8.58. The van der Waals surface area contributed by atoms with Crippen LogP contribution in [0.2, 0.25) is 0 Å². The van der Waals surface area contributed by atoms with Gasteiger partial charge in [-0.2, -0.15) is 11.8 Å². The maximum atomic E-state index is 12.3. The number of piperidine rings is 1. The van der Waals surface area contributed by atoms with Crippen LogP contribution in [0.15, 0.2) is 0 Å². The summed E-state index contributed by atoms with van der Waals surface area (Å²) in [5.74, 6) is 1.19.